The number of anilines is 2. The minimum atomic E-state index is -0.758. The highest BCUT2D eigenvalue weighted by atomic mass is 19.1. The molecule has 2 heterocycles. The van der Waals surface area contributed by atoms with Crippen LogP contribution in [-0.4, -0.2) is 54.6 Å². The van der Waals surface area contributed by atoms with Crippen LogP contribution in [0.15, 0.2) is 67.0 Å². The Morgan fingerprint density at radius 2 is 1.85 bits per heavy atom. The van der Waals surface area contributed by atoms with E-state index in [1.165, 1.54) is 12.4 Å². The first kappa shape index (κ1) is 26.4. The van der Waals surface area contributed by atoms with Crippen molar-refractivity contribution in [3.05, 3.63) is 83.9 Å². The van der Waals surface area contributed by atoms with Crippen molar-refractivity contribution in [2.75, 3.05) is 39.2 Å². The molecule has 0 spiro atoms. The minimum Gasteiger partial charge on any atom is -0.493 e. The van der Waals surface area contributed by atoms with Gasteiger partial charge in [0.1, 0.15) is 18.0 Å². The molecule has 0 bridgehead atoms. The molecule has 39 heavy (non-hydrogen) atoms. The van der Waals surface area contributed by atoms with Gasteiger partial charge in [0.05, 0.1) is 30.8 Å². The molecule has 0 aliphatic carbocycles. The van der Waals surface area contributed by atoms with E-state index in [1.54, 1.807) is 37.4 Å². The summed E-state index contributed by atoms with van der Waals surface area (Å²) >= 11 is 0. The fourth-order valence-corrected chi connectivity index (χ4v) is 4.98. The number of carbonyl (C=O) groups excluding carboxylic acids is 1. The molecule has 1 aromatic heterocycles. The number of carbonyl (C=O) groups is 1. The molecule has 202 valence electrons. The number of rotatable bonds is 9. The first-order valence-corrected chi connectivity index (χ1v) is 13.0. The van der Waals surface area contributed by atoms with Gasteiger partial charge in [-0.2, -0.15) is 0 Å². The van der Waals surface area contributed by atoms with Crippen LogP contribution in [0.2, 0.25) is 0 Å². The summed E-state index contributed by atoms with van der Waals surface area (Å²) in [6.07, 6.45) is 3.61. The number of primary amides is 1. The predicted octanol–water partition coefficient (Wildman–Crippen LogP) is 4.86. The third-order valence-corrected chi connectivity index (χ3v) is 7.23. The molecule has 9 heteroatoms. The Bertz CT molecular complexity index is 1460. The van der Waals surface area contributed by atoms with Crippen LogP contribution in [0.3, 0.4) is 0 Å². The second-order valence-electron chi connectivity index (χ2n) is 9.91. The van der Waals surface area contributed by atoms with E-state index in [0.717, 1.165) is 25.9 Å². The molecule has 0 saturated carbocycles. The zero-order valence-corrected chi connectivity index (χ0v) is 22.1. The Morgan fingerprint density at radius 3 is 2.54 bits per heavy atom. The van der Waals surface area contributed by atoms with Gasteiger partial charge in [-0.1, -0.05) is 36.4 Å². The number of ether oxygens (including phenoxy) is 2. The Hall–Kier alpha value is -4.24. The lowest BCUT2D eigenvalue weighted by Crippen LogP contribution is -2.32. The highest BCUT2D eigenvalue weighted by Crippen LogP contribution is 2.36. The molecule has 1 fully saturated rings. The molecule has 4 aromatic rings. The van der Waals surface area contributed by atoms with Crippen molar-refractivity contribution >= 4 is 28.3 Å². The van der Waals surface area contributed by atoms with Gasteiger partial charge in [0.25, 0.3) is 0 Å². The monoisotopic (exact) mass is 529 g/mol. The number of nitrogens with zero attached hydrogens (tertiary/aromatic N) is 3. The van der Waals surface area contributed by atoms with Crippen molar-refractivity contribution in [2.45, 2.75) is 18.8 Å². The molecule has 1 aliphatic rings. The van der Waals surface area contributed by atoms with E-state index in [9.17, 15) is 4.79 Å². The lowest BCUT2D eigenvalue weighted by molar-refractivity contribution is -0.118. The largest absolute Gasteiger partial charge is 0.493 e. The maximum Gasteiger partial charge on any atom is 0.229 e. The van der Waals surface area contributed by atoms with Crippen LogP contribution in [0.1, 0.15) is 29.9 Å². The summed E-state index contributed by atoms with van der Waals surface area (Å²) in [4.78, 5) is 23.3. The van der Waals surface area contributed by atoms with E-state index < -0.39 is 17.6 Å². The van der Waals surface area contributed by atoms with E-state index >= 15 is 4.39 Å². The van der Waals surface area contributed by atoms with E-state index in [0.29, 0.717) is 51.9 Å². The van der Waals surface area contributed by atoms with Crippen LogP contribution in [0, 0.1) is 11.7 Å². The first-order chi connectivity index (χ1) is 18.9. The summed E-state index contributed by atoms with van der Waals surface area (Å²) in [6, 6.07) is 17.3. The number of halogens is 1. The van der Waals surface area contributed by atoms with Gasteiger partial charge in [0.2, 0.25) is 5.91 Å². The molecular formula is C30H32FN5O3. The highest BCUT2D eigenvalue weighted by Gasteiger charge is 2.22. The second kappa shape index (κ2) is 11.7. The lowest BCUT2D eigenvalue weighted by atomic mass is 9.90. The van der Waals surface area contributed by atoms with Gasteiger partial charge < -0.3 is 25.4 Å². The summed E-state index contributed by atoms with van der Waals surface area (Å²) in [6.45, 7) is 2.75. The van der Waals surface area contributed by atoms with E-state index in [4.69, 9.17) is 15.2 Å². The Balaban J connectivity index is 1.38. The van der Waals surface area contributed by atoms with E-state index in [1.807, 2.05) is 24.3 Å². The Labute approximate surface area is 227 Å². The molecule has 1 amide bonds. The molecule has 3 N–H and O–H groups in total. The molecule has 1 aliphatic heterocycles. The third kappa shape index (κ3) is 5.93. The number of methoxy groups -OCH3 is 1. The van der Waals surface area contributed by atoms with Crippen molar-refractivity contribution in [3.8, 4) is 11.5 Å². The highest BCUT2D eigenvalue weighted by molar-refractivity contribution is 5.93. The van der Waals surface area contributed by atoms with Gasteiger partial charge in [-0.3, -0.25) is 4.79 Å². The average Bonchev–Trinajstić information content (AvgIpc) is 2.94. The van der Waals surface area contributed by atoms with Crippen LogP contribution >= 0.6 is 0 Å². The van der Waals surface area contributed by atoms with Crippen molar-refractivity contribution in [1.82, 2.24) is 14.9 Å². The molecule has 3 aromatic carbocycles. The van der Waals surface area contributed by atoms with E-state index in [-0.39, 0.29) is 5.69 Å². The fourth-order valence-electron chi connectivity index (χ4n) is 4.98. The summed E-state index contributed by atoms with van der Waals surface area (Å²) in [5.41, 5.74) is 7.68. The summed E-state index contributed by atoms with van der Waals surface area (Å²) < 4.78 is 27.0. The number of amides is 1. The van der Waals surface area contributed by atoms with Crippen molar-refractivity contribution in [3.63, 3.8) is 0 Å². The van der Waals surface area contributed by atoms with Gasteiger partial charge in [-0.25, -0.2) is 14.4 Å². The number of aromatic nitrogens is 2. The number of nitrogens with two attached hydrogens (primary N) is 1. The maximum absolute atomic E-state index is 15.3. The SMILES string of the molecule is COc1cc2c(Nc3ccc(C(C(N)=O)c4ccccc4)cc3F)ncnc2cc1OCC1CCN(C)CC1. The van der Waals surface area contributed by atoms with Crippen LogP contribution in [0.25, 0.3) is 10.9 Å². The van der Waals surface area contributed by atoms with Crippen LogP contribution in [0.5, 0.6) is 11.5 Å². The molecule has 1 unspecified atom stereocenters. The molecule has 1 saturated heterocycles. The number of hydrogen-bond donors (Lipinski definition) is 2. The quantitative estimate of drug-likeness (QED) is 0.319. The third-order valence-electron chi connectivity index (χ3n) is 7.23. The van der Waals surface area contributed by atoms with Gasteiger partial charge in [-0.15, -0.1) is 0 Å². The van der Waals surface area contributed by atoms with Crippen LogP contribution in [0.4, 0.5) is 15.9 Å². The van der Waals surface area contributed by atoms with Crippen molar-refractivity contribution < 1.29 is 18.7 Å². The Morgan fingerprint density at radius 1 is 1.08 bits per heavy atom. The lowest BCUT2D eigenvalue weighted by Gasteiger charge is -2.28. The number of benzene rings is 3. The van der Waals surface area contributed by atoms with Gasteiger partial charge in [0, 0.05) is 11.5 Å². The van der Waals surface area contributed by atoms with Gasteiger partial charge in [0.15, 0.2) is 11.5 Å². The number of hydrogen-bond acceptors (Lipinski definition) is 7. The zero-order chi connectivity index (χ0) is 27.4. The smallest absolute Gasteiger partial charge is 0.229 e. The molecular weight excluding hydrogens is 497 g/mol. The van der Waals surface area contributed by atoms with Crippen LogP contribution < -0.4 is 20.5 Å². The van der Waals surface area contributed by atoms with Crippen molar-refractivity contribution in [2.24, 2.45) is 11.7 Å². The van der Waals surface area contributed by atoms with Crippen molar-refractivity contribution in [1.29, 1.82) is 0 Å². The summed E-state index contributed by atoms with van der Waals surface area (Å²) in [5.74, 6) is 0.230. The van der Waals surface area contributed by atoms with Gasteiger partial charge >= 0.3 is 0 Å². The first-order valence-electron chi connectivity index (χ1n) is 13.0. The van der Waals surface area contributed by atoms with E-state index in [2.05, 4.69) is 27.2 Å². The number of likely N-dealkylation sites (tertiary alicyclic amines) is 1. The molecule has 5 rings (SSSR count). The standard InChI is InChI=1S/C30H32FN5O3/c1-36-12-10-19(11-13-36)17-39-27-16-25-22(15-26(27)38-2)30(34-18-33-25)35-24-9-8-21(14-23(24)31)28(29(32)37)20-6-4-3-5-7-20/h3-9,14-16,18-19,28H,10-13,17H2,1-2H3,(H2,32,37)(H,33,34,35). The molecule has 8 nitrogen and oxygen atoms in total. The fraction of sp³-hybridized carbons (Fsp3) is 0.300. The van der Waals surface area contributed by atoms with Gasteiger partial charge in [-0.05, 0) is 68.2 Å². The normalized spacial score (nSPS) is 15.2. The average molecular weight is 530 g/mol. The topological polar surface area (TPSA) is 103 Å². The second-order valence-corrected chi connectivity index (χ2v) is 9.91. The predicted molar refractivity (Wildman–Crippen MR) is 149 cm³/mol. The number of fused-ring (bicyclic) bond motifs is 1. The maximum atomic E-state index is 15.3. The zero-order valence-electron chi connectivity index (χ0n) is 22.1. The Kier molecular flexibility index (Phi) is 7.88. The summed E-state index contributed by atoms with van der Waals surface area (Å²) in [5, 5.41) is 3.72. The molecule has 0 radical (unpaired) electrons. The van der Waals surface area contributed by atoms with Crippen LogP contribution in [-0.2, 0) is 4.79 Å². The number of nitrogens with one attached hydrogen (secondary N) is 1. The molecule has 1 atom stereocenters. The number of piperidine rings is 1. The minimum absolute atomic E-state index is 0.205. The summed E-state index contributed by atoms with van der Waals surface area (Å²) in [7, 11) is 3.72.